The van der Waals surface area contributed by atoms with Crippen LogP contribution in [0.4, 0.5) is 0 Å². The smallest absolute Gasteiger partial charge is 0.328 e. The third-order valence-electron chi connectivity index (χ3n) is 3.08. The summed E-state index contributed by atoms with van der Waals surface area (Å²) in [5.74, 6) is -0.635. The van der Waals surface area contributed by atoms with E-state index in [-0.39, 0.29) is 43.3 Å². The van der Waals surface area contributed by atoms with Crippen molar-refractivity contribution in [3.63, 3.8) is 0 Å². The molecule has 3 unspecified atom stereocenters. The van der Waals surface area contributed by atoms with Crippen molar-refractivity contribution in [1.29, 1.82) is 0 Å². The Morgan fingerprint density at radius 1 is 1.30 bits per heavy atom. The van der Waals surface area contributed by atoms with Gasteiger partial charge in [0, 0.05) is 13.7 Å². The zero-order valence-corrected chi connectivity index (χ0v) is 13.5. The molecule has 6 nitrogen and oxygen atoms in total. The van der Waals surface area contributed by atoms with E-state index in [1.165, 1.54) is 7.11 Å². The fourth-order valence-corrected chi connectivity index (χ4v) is 1.60. The minimum absolute atomic E-state index is 0. The van der Waals surface area contributed by atoms with Gasteiger partial charge in [-0.05, 0) is 12.8 Å². The van der Waals surface area contributed by atoms with Crippen LogP contribution < -0.4 is 11.1 Å². The molecule has 7 heteroatoms. The van der Waals surface area contributed by atoms with Gasteiger partial charge < -0.3 is 20.5 Å². The van der Waals surface area contributed by atoms with Gasteiger partial charge in [-0.1, -0.05) is 20.3 Å². The number of hydrogen-bond donors (Lipinski definition) is 2. The van der Waals surface area contributed by atoms with E-state index >= 15 is 0 Å². The Morgan fingerprint density at radius 2 is 1.90 bits per heavy atom. The standard InChI is InChI=1S/C13H26N2O4.ClH/c1-5-9(3)12(13(17)19-6-2)15-11(16)7-10(8-14)18-4;/h9-10,12H,5-8,14H2,1-4H3,(H,15,16);1H. The molecule has 0 rings (SSSR count). The van der Waals surface area contributed by atoms with Crippen LogP contribution in [0.25, 0.3) is 0 Å². The molecule has 0 aromatic rings. The van der Waals surface area contributed by atoms with Crippen LogP contribution in [0.15, 0.2) is 0 Å². The molecule has 0 aliphatic rings. The average molecular weight is 311 g/mol. The van der Waals surface area contributed by atoms with Gasteiger partial charge in [0.1, 0.15) is 6.04 Å². The maximum atomic E-state index is 11.9. The SMILES string of the molecule is CCOC(=O)C(NC(=O)CC(CN)OC)C(C)CC.Cl. The molecule has 0 aliphatic carbocycles. The molecule has 3 N–H and O–H groups in total. The molecule has 20 heavy (non-hydrogen) atoms. The summed E-state index contributed by atoms with van der Waals surface area (Å²) in [4.78, 5) is 23.7. The highest BCUT2D eigenvalue weighted by atomic mass is 35.5. The number of amides is 1. The summed E-state index contributed by atoms with van der Waals surface area (Å²) in [6.07, 6.45) is 0.577. The normalized spacial score (nSPS) is 14.7. The second kappa shape index (κ2) is 11.9. The van der Waals surface area contributed by atoms with Crippen molar-refractivity contribution in [3.8, 4) is 0 Å². The van der Waals surface area contributed by atoms with Crippen molar-refractivity contribution in [2.75, 3.05) is 20.3 Å². The minimum Gasteiger partial charge on any atom is -0.464 e. The van der Waals surface area contributed by atoms with E-state index in [1.54, 1.807) is 6.92 Å². The second-order valence-corrected chi connectivity index (χ2v) is 4.48. The third kappa shape index (κ3) is 7.67. The van der Waals surface area contributed by atoms with Crippen LogP contribution in [-0.4, -0.2) is 44.3 Å². The van der Waals surface area contributed by atoms with Crippen molar-refractivity contribution in [2.24, 2.45) is 11.7 Å². The van der Waals surface area contributed by atoms with E-state index in [2.05, 4.69) is 5.32 Å². The molecule has 120 valence electrons. The van der Waals surface area contributed by atoms with Gasteiger partial charge in [0.2, 0.25) is 5.91 Å². The summed E-state index contributed by atoms with van der Waals surface area (Å²) >= 11 is 0. The molecule has 0 saturated carbocycles. The van der Waals surface area contributed by atoms with Crippen LogP contribution in [0.3, 0.4) is 0 Å². The van der Waals surface area contributed by atoms with Crippen LogP contribution in [0.1, 0.15) is 33.6 Å². The number of nitrogens with two attached hydrogens (primary N) is 1. The number of ether oxygens (including phenoxy) is 2. The first kappa shape index (κ1) is 21.4. The summed E-state index contributed by atoms with van der Waals surface area (Å²) < 4.78 is 10.0. The molecule has 0 aromatic heterocycles. The van der Waals surface area contributed by atoms with E-state index in [0.29, 0.717) is 6.61 Å². The molecule has 0 aliphatic heterocycles. The third-order valence-corrected chi connectivity index (χ3v) is 3.08. The minimum atomic E-state index is -0.618. The van der Waals surface area contributed by atoms with E-state index < -0.39 is 12.0 Å². The summed E-state index contributed by atoms with van der Waals surface area (Å²) in [6.45, 7) is 6.16. The lowest BCUT2D eigenvalue weighted by atomic mass is 9.99. The predicted molar refractivity (Wildman–Crippen MR) is 79.7 cm³/mol. The number of hydrogen-bond acceptors (Lipinski definition) is 5. The van der Waals surface area contributed by atoms with Gasteiger partial charge in [0.05, 0.1) is 19.1 Å². The van der Waals surface area contributed by atoms with Crippen LogP contribution >= 0.6 is 12.4 Å². The molecule has 0 spiro atoms. The molecular weight excluding hydrogens is 284 g/mol. The van der Waals surface area contributed by atoms with Crippen molar-refractivity contribution in [2.45, 2.75) is 45.8 Å². The number of carbonyl (C=O) groups excluding carboxylic acids is 2. The summed E-state index contributed by atoms with van der Waals surface area (Å²) in [6, 6.07) is -0.618. The molecule has 1 amide bonds. The summed E-state index contributed by atoms with van der Waals surface area (Å²) in [5, 5.41) is 2.70. The highest BCUT2D eigenvalue weighted by Crippen LogP contribution is 2.10. The van der Waals surface area contributed by atoms with Crippen molar-refractivity contribution < 1.29 is 19.1 Å². The number of methoxy groups -OCH3 is 1. The summed E-state index contributed by atoms with van der Waals surface area (Å²) in [5.41, 5.74) is 5.46. The van der Waals surface area contributed by atoms with Gasteiger partial charge in [-0.25, -0.2) is 4.79 Å². The van der Waals surface area contributed by atoms with Gasteiger partial charge in [0.25, 0.3) is 0 Å². The van der Waals surface area contributed by atoms with Crippen LogP contribution in [0.5, 0.6) is 0 Å². The highest BCUT2D eigenvalue weighted by molar-refractivity contribution is 5.85. The lowest BCUT2D eigenvalue weighted by molar-refractivity contribution is -0.149. The number of esters is 1. The first-order valence-electron chi connectivity index (χ1n) is 6.68. The van der Waals surface area contributed by atoms with E-state index in [1.807, 2.05) is 13.8 Å². The Morgan fingerprint density at radius 3 is 2.30 bits per heavy atom. The van der Waals surface area contributed by atoms with Crippen molar-refractivity contribution in [3.05, 3.63) is 0 Å². The van der Waals surface area contributed by atoms with Crippen LogP contribution in [0.2, 0.25) is 0 Å². The Bertz CT molecular complexity index is 286. The first-order chi connectivity index (χ1) is 8.99. The van der Waals surface area contributed by atoms with Crippen molar-refractivity contribution >= 4 is 24.3 Å². The number of rotatable bonds is 9. The van der Waals surface area contributed by atoms with Gasteiger partial charge >= 0.3 is 5.97 Å². The lowest BCUT2D eigenvalue weighted by Crippen LogP contribution is -2.47. The molecule has 0 aromatic carbocycles. The number of nitrogens with one attached hydrogen (secondary N) is 1. The average Bonchev–Trinajstić information content (AvgIpc) is 2.41. The van der Waals surface area contributed by atoms with Gasteiger partial charge in [-0.2, -0.15) is 0 Å². The number of halogens is 1. The van der Waals surface area contributed by atoms with Gasteiger partial charge in [-0.15, -0.1) is 12.4 Å². The van der Waals surface area contributed by atoms with Crippen LogP contribution in [0, 0.1) is 5.92 Å². The molecule has 0 fully saturated rings. The maximum absolute atomic E-state index is 11.9. The summed E-state index contributed by atoms with van der Waals surface area (Å²) in [7, 11) is 1.50. The molecular formula is C13H27ClN2O4. The maximum Gasteiger partial charge on any atom is 0.328 e. The Balaban J connectivity index is 0. The zero-order valence-electron chi connectivity index (χ0n) is 12.7. The number of carbonyl (C=O) groups is 2. The first-order valence-corrected chi connectivity index (χ1v) is 6.68. The van der Waals surface area contributed by atoms with E-state index in [9.17, 15) is 9.59 Å². The largest absolute Gasteiger partial charge is 0.464 e. The Labute approximate surface area is 127 Å². The molecule has 0 radical (unpaired) electrons. The Hall–Kier alpha value is -0.850. The quantitative estimate of drug-likeness (QED) is 0.617. The van der Waals surface area contributed by atoms with Crippen molar-refractivity contribution in [1.82, 2.24) is 5.32 Å². The van der Waals surface area contributed by atoms with E-state index in [0.717, 1.165) is 6.42 Å². The lowest BCUT2D eigenvalue weighted by Gasteiger charge is -2.23. The topological polar surface area (TPSA) is 90.7 Å². The monoisotopic (exact) mass is 310 g/mol. The van der Waals surface area contributed by atoms with E-state index in [4.69, 9.17) is 15.2 Å². The van der Waals surface area contributed by atoms with Gasteiger partial charge in [0.15, 0.2) is 0 Å². The molecule has 0 bridgehead atoms. The molecule has 0 heterocycles. The zero-order chi connectivity index (χ0) is 14.8. The predicted octanol–water partition coefficient (Wildman–Crippen LogP) is 0.866. The van der Waals surface area contributed by atoms with Gasteiger partial charge in [-0.3, -0.25) is 4.79 Å². The second-order valence-electron chi connectivity index (χ2n) is 4.48. The fourth-order valence-electron chi connectivity index (χ4n) is 1.60. The Kier molecular flexibility index (Phi) is 12.8. The van der Waals surface area contributed by atoms with Crippen LogP contribution in [-0.2, 0) is 19.1 Å². The fraction of sp³-hybridized carbons (Fsp3) is 0.846. The molecule has 3 atom stereocenters. The molecule has 0 saturated heterocycles. The highest BCUT2D eigenvalue weighted by Gasteiger charge is 2.27.